The molecule has 0 saturated heterocycles. The highest BCUT2D eigenvalue weighted by atomic mass is 16.5. The molecule has 0 aliphatic rings. The summed E-state index contributed by atoms with van der Waals surface area (Å²) in [5, 5.41) is 3.07. The van der Waals surface area contributed by atoms with Crippen LogP contribution in [0.25, 0.3) is 0 Å². The van der Waals surface area contributed by atoms with E-state index in [0.717, 1.165) is 13.1 Å². The van der Waals surface area contributed by atoms with Crippen LogP contribution in [0.4, 0.5) is 0 Å². The van der Waals surface area contributed by atoms with Crippen molar-refractivity contribution >= 4 is 0 Å². The largest absolute Gasteiger partial charge is 0.379 e. The molecule has 0 saturated carbocycles. The van der Waals surface area contributed by atoms with Crippen molar-refractivity contribution in [3.63, 3.8) is 0 Å². The molecule has 0 rings (SSSR count). The molecular weight excluding hydrogens is 152 g/mol. The van der Waals surface area contributed by atoms with E-state index in [1.165, 1.54) is 0 Å². The lowest BCUT2D eigenvalue weighted by molar-refractivity contribution is 0.0796. The second kappa shape index (κ2) is 10.9. The molecule has 0 aromatic carbocycles. The molecule has 0 aromatic heterocycles. The van der Waals surface area contributed by atoms with E-state index < -0.39 is 0 Å². The Labute approximate surface area is 77.1 Å². The van der Waals surface area contributed by atoms with Crippen molar-refractivity contribution in [3.8, 4) is 0 Å². The van der Waals surface area contributed by atoms with Gasteiger partial charge in [0.15, 0.2) is 0 Å². The van der Waals surface area contributed by atoms with E-state index in [2.05, 4.69) is 10.2 Å². The second-order valence-corrected chi connectivity index (χ2v) is 2.68. The third-order valence-corrected chi connectivity index (χ3v) is 1.33. The van der Waals surface area contributed by atoms with E-state index in [9.17, 15) is 0 Å². The summed E-state index contributed by atoms with van der Waals surface area (Å²) >= 11 is 0. The molecule has 0 fully saturated rings. The maximum atomic E-state index is 5.20. The summed E-state index contributed by atoms with van der Waals surface area (Å²) in [4.78, 5) is 2.12. The van der Waals surface area contributed by atoms with E-state index in [0.29, 0.717) is 6.10 Å². The Hall–Kier alpha value is -0.120. The zero-order valence-corrected chi connectivity index (χ0v) is 9.35. The highest BCUT2D eigenvalue weighted by Crippen LogP contribution is 1.89. The molecule has 0 heterocycles. The van der Waals surface area contributed by atoms with Crippen LogP contribution in [-0.2, 0) is 4.74 Å². The monoisotopic (exact) mass is 176 g/mol. The number of likely N-dealkylation sites (N-methyl/N-ethyl adjacent to an activating group) is 2. The fraction of sp³-hybridized carbons (Fsp3) is 1.00. The van der Waals surface area contributed by atoms with E-state index in [4.69, 9.17) is 4.74 Å². The summed E-state index contributed by atoms with van der Waals surface area (Å²) in [6, 6.07) is 0. The summed E-state index contributed by atoms with van der Waals surface area (Å²) in [6.45, 7) is 5.88. The summed E-state index contributed by atoms with van der Waals surface area (Å²) in [7, 11) is 7.76. The zero-order chi connectivity index (χ0) is 9.98. The Balaban J connectivity index is 0. The minimum absolute atomic E-state index is 0.306. The van der Waals surface area contributed by atoms with Gasteiger partial charge >= 0.3 is 0 Å². The molecule has 12 heavy (non-hydrogen) atoms. The molecule has 0 amide bonds. The molecule has 0 aliphatic heterocycles. The van der Waals surface area contributed by atoms with E-state index >= 15 is 0 Å². The van der Waals surface area contributed by atoms with Gasteiger partial charge < -0.3 is 15.0 Å². The van der Waals surface area contributed by atoms with Crippen LogP contribution >= 0.6 is 0 Å². The number of hydrogen-bond acceptors (Lipinski definition) is 3. The predicted octanol–water partition coefficient (Wildman–Crippen LogP) is 0.809. The van der Waals surface area contributed by atoms with Crippen molar-refractivity contribution in [2.45, 2.75) is 20.0 Å². The second-order valence-electron chi connectivity index (χ2n) is 2.68. The summed E-state index contributed by atoms with van der Waals surface area (Å²) in [5.74, 6) is 0. The van der Waals surface area contributed by atoms with Gasteiger partial charge in [-0.25, -0.2) is 0 Å². The molecule has 3 nitrogen and oxygen atoms in total. The van der Waals surface area contributed by atoms with Gasteiger partial charge in [0, 0.05) is 20.2 Å². The van der Waals surface area contributed by atoms with E-state index in [1.807, 2.05) is 35.0 Å². The van der Waals surface area contributed by atoms with Crippen LogP contribution in [0.2, 0.25) is 0 Å². The van der Waals surface area contributed by atoms with Crippen molar-refractivity contribution in [2.24, 2.45) is 0 Å². The average molecular weight is 176 g/mol. The standard InChI is InChI=1S/C7H18N2O.C2H6/c1-8-5-7(10-4)6-9(2)3;1-2/h7-8H,5-6H2,1-4H3;1-2H3. The molecule has 0 aromatic rings. The van der Waals surface area contributed by atoms with Crippen molar-refractivity contribution in [1.82, 2.24) is 10.2 Å². The van der Waals surface area contributed by atoms with Crippen LogP contribution in [-0.4, -0.2) is 52.3 Å². The van der Waals surface area contributed by atoms with E-state index in [-0.39, 0.29) is 0 Å². The third kappa shape index (κ3) is 9.88. The lowest BCUT2D eigenvalue weighted by Gasteiger charge is -2.18. The van der Waals surface area contributed by atoms with Crippen LogP contribution in [0.3, 0.4) is 0 Å². The molecule has 1 unspecified atom stereocenters. The molecule has 76 valence electrons. The molecule has 3 heteroatoms. The molecule has 0 aliphatic carbocycles. The van der Waals surface area contributed by atoms with Crippen LogP contribution in [0.1, 0.15) is 13.8 Å². The van der Waals surface area contributed by atoms with Crippen LogP contribution in [0, 0.1) is 0 Å². The maximum absolute atomic E-state index is 5.20. The maximum Gasteiger partial charge on any atom is 0.0821 e. The van der Waals surface area contributed by atoms with Gasteiger partial charge in [-0.2, -0.15) is 0 Å². The minimum atomic E-state index is 0.306. The van der Waals surface area contributed by atoms with Crippen molar-refractivity contribution in [1.29, 1.82) is 0 Å². The Morgan fingerprint density at radius 2 is 1.83 bits per heavy atom. The smallest absolute Gasteiger partial charge is 0.0821 e. The number of rotatable bonds is 5. The van der Waals surface area contributed by atoms with Gasteiger partial charge in [0.2, 0.25) is 0 Å². The van der Waals surface area contributed by atoms with Crippen molar-refractivity contribution in [2.75, 3.05) is 41.3 Å². The van der Waals surface area contributed by atoms with Gasteiger partial charge in [0.25, 0.3) is 0 Å². The number of nitrogens with zero attached hydrogens (tertiary/aromatic N) is 1. The Morgan fingerprint density at radius 3 is 2.08 bits per heavy atom. The Kier molecular flexibility index (Phi) is 13.1. The zero-order valence-electron chi connectivity index (χ0n) is 9.35. The van der Waals surface area contributed by atoms with Crippen molar-refractivity contribution < 1.29 is 4.74 Å². The molecule has 0 bridgehead atoms. The van der Waals surface area contributed by atoms with Crippen LogP contribution in [0.15, 0.2) is 0 Å². The SMILES string of the molecule is CC.CNCC(CN(C)C)OC. The molecular formula is C9H24N2O. The molecule has 0 spiro atoms. The third-order valence-electron chi connectivity index (χ3n) is 1.33. The van der Waals surface area contributed by atoms with Gasteiger partial charge in [0.1, 0.15) is 0 Å². The molecule has 1 atom stereocenters. The Bertz CT molecular complexity index is 76.9. The number of ether oxygens (including phenoxy) is 1. The lowest BCUT2D eigenvalue weighted by atomic mass is 10.3. The van der Waals surface area contributed by atoms with Crippen LogP contribution < -0.4 is 5.32 Å². The summed E-state index contributed by atoms with van der Waals surface area (Å²) in [6.07, 6.45) is 0.306. The van der Waals surface area contributed by atoms with Crippen LogP contribution in [0.5, 0.6) is 0 Å². The quantitative estimate of drug-likeness (QED) is 0.671. The number of hydrogen-bond donors (Lipinski definition) is 1. The normalized spacial score (nSPS) is 12.2. The average Bonchev–Trinajstić information content (AvgIpc) is 2.07. The molecule has 0 radical (unpaired) electrons. The first-order valence-corrected chi connectivity index (χ1v) is 4.52. The number of nitrogens with one attached hydrogen (secondary N) is 1. The fourth-order valence-electron chi connectivity index (χ4n) is 0.857. The lowest BCUT2D eigenvalue weighted by Crippen LogP contribution is -2.35. The molecule has 1 N–H and O–H groups in total. The summed E-state index contributed by atoms with van der Waals surface area (Å²) < 4.78 is 5.20. The van der Waals surface area contributed by atoms with Gasteiger partial charge in [-0.15, -0.1) is 0 Å². The topological polar surface area (TPSA) is 24.5 Å². The van der Waals surface area contributed by atoms with Gasteiger partial charge in [-0.3, -0.25) is 0 Å². The van der Waals surface area contributed by atoms with Crippen molar-refractivity contribution in [3.05, 3.63) is 0 Å². The first-order valence-electron chi connectivity index (χ1n) is 4.52. The predicted molar refractivity (Wildman–Crippen MR) is 54.6 cm³/mol. The fourth-order valence-corrected chi connectivity index (χ4v) is 0.857. The minimum Gasteiger partial charge on any atom is -0.379 e. The first-order chi connectivity index (χ1) is 5.70. The summed E-state index contributed by atoms with van der Waals surface area (Å²) in [5.41, 5.74) is 0. The Morgan fingerprint density at radius 1 is 1.33 bits per heavy atom. The van der Waals surface area contributed by atoms with E-state index in [1.54, 1.807) is 7.11 Å². The van der Waals surface area contributed by atoms with Gasteiger partial charge in [-0.05, 0) is 21.1 Å². The highest BCUT2D eigenvalue weighted by Gasteiger charge is 2.05. The van der Waals surface area contributed by atoms with Gasteiger partial charge in [0.05, 0.1) is 6.10 Å². The highest BCUT2D eigenvalue weighted by molar-refractivity contribution is 4.61. The number of methoxy groups -OCH3 is 1. The van der Waals surface area contributed by atoms with Gasteiger partial charge in [-0.1, -0.05) is 13.8 Å². The first kappa shape index (κ1) is 14.4.